The Hall–Kier alpha value is -1.63. The number of methoxy groups -OCH3 is 1. The van der Waals surface area contributed by atoms with Crippen LogP contribution in [0.3, 0.4) is 0 Å². The van der Waals surface area contributed by atoms with E-state index in [9.17, 15) is 9.90 Å². The fourth-order valence-electron chi connectivity index (χ4n) is 5.88. The minimum Gasteiger partial charge on any atom is -0.385 e. The SMILES string of the molecule is CNCC(CC1CCCCC1)NC(=O)N1CCC[C@@H]([C@@](O)(CCCOC)c2ccccc2)C1. The zero-order valence-corrected chi connectivity index (χ0v) is 20.7. The van der Waals surface area contributed by atoms with Crippen molar-refractivity contribution < 1.29 is 14.6 Å². The van der Waals surface area contributed by atoms with Gasteiger partial charge in [0.25, 0.3) is 0 Å². The Kier molecular flexibility index (Phi) is 10.5. The number of carbonyl (C=O) groups is 1. The molecule has 186 valence electrons. The second-order valence-corrected chi connectivity index (χ2v) is 10.1. The van der Waals surface area contributed by atoms with Crippen LogP contribution >= 0.6 is 0 Å². The van der Waals surface area contributed by atoms with E-state index in [0.29, 0.717) is 19.6 Å². The Balaban J connectivity index is 1.65. The first-order chi connectivity index (χ1) is 16.1. The molecule has 3 atom stereocenters. The van der Waals surface area contributed by atoms with Crippen molar-refractivity contribution >= 4 is 6.03 Å². The van der Waals surface area contributed by atoms with Crippen LogP contribution in [0.1, 0.15) is 69.8 Å². The van der Waals surface area contributed by atoms with Crippen molar-refractivity contribution in [2.45, 2.75) is 75.9 Å². The summed E-state index contributed by atoms with van der Waals surface area (Å²) < 4.78 is 5.26. The van der Waals surface area contributed by atoms with Gasteiger partial charge in [-0.25, -0.2) is 4.79 Å². The molecule has 0 aromatic heterocycles. The second kappa shape index (κ2) is 13.3. The Morgan fingerprint density at radius 3 is 2.64 bits per heavy atom. The van der Waals surface area contributed by atoms with Gasteiger partial charge in [-0.3, -0.25) is 0 Å². The van der Waals surface area contributed by atoms with E-state index >= 15 is 0 Å². The summed E-state index contributed by atoms with van der Waals surface area (Å²) in [7, 11) is 3.65. The standard InChI is InChI=1S/C27H45N3O3/c1-28-20-25(19-22-11-5-3-6-12-22)29-26(31)30-17-9-15-24(21-30)27(32,16-10-18-33-2)23-13-7-4-8-14-23/h4,7-8,13-14,22,24-25,28,32H,3,5-6,9-12,15-21H2,1-2H3,(H,29,31)/t24-,25?,27-/m1/s1. The van der Waals surface area contributed by atoms with Crippen LogP contribution in [0, 0.1) is 11.8 Å². The van der Waals surface area contributed by atoms with Crippen molar-refractivity contribution in [3.63, 3.8) is 0 Å². The Morgan fingerprint density at radius 1 is 1.18 bits per heavy atom. The van der Waals surface area contributed by atoms with Crippen molar-refractivity contribution in [3.8, 4) is 0 Å². The highest BCUT2D eigenvalue weighted by molar-refractivity contribution is 5.74. The highest BCUT2D eigenvalue weighted by atomic mass is 16.5. The number of likely N-dealkylation sites (N-methyl/N-ethyl adjacent to an activating group) is 1. The number of nitrogens with zero attached hydrogens (tertiary/aromatic N) is 1. The lowest BCUT2D eigenvalue weighted by Crippen LogP contribution is -2.54. The average Bonchev–Trinajstić information content (AvgIpc) is 2.85. The summed E-state index contributed by atoms with van der Waals surface area (Å²) in [6.07, 6.45) is 10.9. The van der Waals surface area contributed by atoms with Crippen LogP contribution in [-0.4, -0.2) is 62.5 Å². The summed E-state index contributed by atoms with van der Waals surface area (Å²) >= 11 is 0. The third-order valence-electron chi connectivity index (χ3n) is 7.68. The van der Waals surface area contributed by atoms with Crippen LogP contribution in [0.25, 0.3) is 0 Å². The van der Waals surface area contributed by atoms with Gasteiger partial charge in [0, 0.05) is 45.3 Å². The van der Waals surface area contributed by atoms with Crippen molar-refractivity contribution in [2.75, 3.05) is 40.4 Å². The van der Waals surface area contributed by atoms with E-state index in [-0.39, 0.29) is 18.0 Å². The lowest BCUT2D eigenvalue weighted by atomic mass is 9.74. The number of hydrogen-bond donors (Lipinski definition) is 3. The number of likely N-dealkylation sites (tertiary alicyclic amines) is 1. The maximum Gasteiger partial charge on any atom is 0.317 e. The molecular weight excluding hydrogens is 414 g/mol. The number of aliphatic hydroxyl groups is 1. The van der Waals surface area contributed by atoms with Crippen LogP contribution in [-0.2, 0) is 10.3 Å². The van der Waals surface area contributed by atoms with Crippen LogP contribution in [0.15, 0.2) is 30.3 Å². The molecular formula is C27H45N3O3. The number of piperidine rings is 1. The second-order valence-electron chi connectivity index (χ2n) is 10.1. The summed E-state index contributed by atoms with van der Waals surface area (Å²) in [5.41, 5.74) is -0.00990. The van der Waals surface area contributed by atoms with Crippen LogP contribution < -0.4 is 10.6 Å². The van der Waals surface area contributed by atoms with Crippen LogP contribution in [0.2, 0.25) is 0 Å². The molecule has 2 amide bonds. The first-order valence-corrected chi connectivity index (χ1v) is 13.0. The normalized spacial score (nSPS) is 22.5. The van der Waals surface area contributed by atoms with Crippen molar-refractivity contribution in [3.05, 3.63) is 35.9 Å². The topological polar surface area (TPSA) is 73.8 Å². The van der Waals surface area contributed by atoms with Gasteiger partial charge in [0.2, 0.25) is 0 Å². The molecule has 1 aromatic carbocycles. The zero-order chi connectivity index (χ0) is 23.5. The third kappa shape index (κ3) is 7.43. The largest absolute Gasteiger partial charge is 0.385 e. The predicted molar refractivity (Wildman–Crippen MR) is 133 cm³/mol. The Bertz CT molecular complexity index is 695. The van der Waals surface area contributed by atoms with Crippen molar-refractivity contribution in [1.82, 2.24) is 15.5 Å². The molecule has 3 rings (SSSR count). The number of hydrogen-bond acceptors (Lipinski definition) is 4. The number of carbonyl (C=O) groups excluding carboxylic acids is 1. The summed E-state index contributed by atoms with van der Waals surface area (Å²) in [5, 5.41) is 18.5. The predicted octanol–water partition coefficient (Wildman–Crippen LogP) is 4.28. The van der Waals surface area contributed by atoms with Gasteiger partial charge in [0.1, 0.15) is 0 Å². The zero-order valence-electron chi connectivity index (χ0n) is 20.7. The molecule has 0 radical (unpaired) electrons. The summed E-state index contributed by atoms with van der Waals surface area (Å²) in [4.78, 5) is 15.2. The molecule has 3 N–H and O–H groups in total. The molecule has 1 aliphatic carbocycles. The maximum atomic E-state index is 13.3. The number of urea groups is 1. The van der Waals surface area contributed by atoms with Crippen LogP contribution in [0.4, 0.5) is 4.79 Å². The molecule has 2 fully saturated rings. The Labute approximate surface area is 200 Å². The van der Waals surface area contributed by atoms with Gasteiger partial charge < -0.3 is 25.4 Å². The smallest absolute Gasteiger partial charge is 0.317 e. The molecule has 1 saturated heterocycles. The number of nitrogens with one attached hydrogen (secondary N) is 2. The van der Waals surface area contributed by atoms with E-state index in [1.54, 1.807) is 7.11 Å². The summed E-state index contributed by atoms with van der Waals surface area (Å²) in [5.74, 6) is 0.729. The van der Waals surface area contributed by atoms with Gasteiger partial charge in [-0.2, -0.15) is 0 Å². The molecule has 1 aliphatic heterocycles. The van der Waals surface area contributed by atoms with Crippen molar-refractivity contribution in [1.29, 1.82) is 0 Å². The quantitative estimate of drug-likeness (QED) is 0.432. The van der Waals surface area contributed by atoms with E-state index in [1.165, 1.54) is 32.1 Å². The average molecular weight is 460 g/mol. The van der Waals surface area contributed by atoms with E-state index in [1.807, 2.05) is 42.3 Å². The van der Waals surface area contributed by atoms with Gasteiger partial charge in [0.05, 0.1) is 5.60 Å². The van der Waals surface area contributed by atoms with Crippen LogP contribution in [0.5, 0.6) is 0 Å². The maximum absolute atomic E-state index is 13.3. The van der Waals surface area contributed by atoms with E-state index in [0.717, 1.165) is 50.3 Å². The molecule has 1 saturated carbocycles. The molecule has 6 nitrogen and oxygen atoms in total. The summed E-state index contributed by atoms with van der Waals surface area (Å²) in [6, 6.07) is 10.1. The highest BCUT2D eigenvalue weighted by Gasteiger charge is 2.41. The minimum absolute atomic E-state index is 0.0114. The third-order valence-corrected chi connectivity index (χ3v) is 7.68. The molecule has 33 heavy (non-hydrogen) atoms. The number of benzene rings is 1. The first-order valence-electron chi connectivity index (χ1n) is 13.0. The van der Waals surface area contributed by atoms with E-state index in [2.05, 4.69) is 10.6 Å². The van der Waals surface area contributed by atoms with E-state index in [4.69, 9.17) is 4.74 Å². The number of ether oxygens (including phenoxy) is 1. The number of rotatable bonds is 11. The van der Waals surface area contributed by atoms with Gasteiger partial charge >= 0.3 is 6.03 Å². The molecule has 0 spiro atoms. The van der Waals surface area contributed by atoms with Gasteiger partial charge in [-0.05, 0) is 50.6 Å². The summed E-state index contributed by atoms with van der Waals surface area (Å²) in [6.45, 7) is 2.75. The Morgan fingerprint density at radius 2 is 1.94 bits per heavy atom. The fourth-order valence-corrected chi connectivity index (χ4v) is 5.88. The molecule has 2 aliphatic rings. The van der Waals surface area contributed by atoms with Crippen molar-refractivity contribution in [2.24, 2.45) is 11.8 Å². The fraction of sp³-hybridized carbons (Fsp3) is 0.741. The monoisotopic (exact) mass is 459 g/mol. The minimum atomic E-state index is -0.953. The van der Waals surface area contributed by atoms with Gasteiger partial charge in [-0.15, -0.1) is 0 Å². The van der Waals surface area contributed by atoms with E-state index < -0.39 is 5.60 Å². The lowest BCUT2D eigenvalue weighted by Gasteiger charge is -2.43. The molecule has 1 unspecified atom stereocenters. The van der Waals surface area contributed by atoms with Gasteiger partial charge in [0.15, 0.2) is 0 Å². The molecule has 6 heteroatoms. The lowest BCUT2D eigenvalue weighted by molar-refractivity contribution is -0.0584. The number of amides is 2. The molecule has 1 heterocycles. The molecule has 0 bridgehead atoms. The molecule has 1 aromatic rings. The first kappa shape index (κ1) is 26.0. The van der Waals surface area contributed by atoms with Gasteiger partial charge in [-0.1, -0.05) is 62.4 Å². The highest BCUT2D eigenvalue weighted by Crippen LogP contribution is 2.39.